The van der Waals surface area contributed by atoms with Crippen LogP contribution in [0.25, 0.3) is 10.8 Å². The van der Waals surface area contributed by atoms with E-state index >= 15 is 0 Å². The third-order valence-electron chi connectivity index (χ3n) is 4.18. The molecule has 23 heavy (non-hydrogen) atoms. The van der Waals surface area contributed by atoms with Gasteiger partial charge in [0.25, 0.3) is 5.91 Å². The van der Waals surface area contributed by atoms with Crippen LogP contribution in [0.3, 0.4) is 0 Å². The van der Waals surface area contributed by atoms with E-state index in [9.17, 15) is 13.2 Å². The lowest BCUT2D eigenvalue weighted by Gasteiger charge is -2.13. The Balaban J connectivity index is 2.09. The van der Waals surface area contributed by atoms with E-state index in [2.05, 4.69) is 18.6 Å². The van der Waals surface area contributed by atoms with Gasteiger partial charge in [-0.3, -0.25) is 4.79 Å². The predicted molar refractivity (Wildman–Crippen MR) is 91.3 cm³/mol. The van der Waals surface area contributed by atoms with Gasteiger partial charge >= 0.3 is 0 Å². The average Bonchev–Trinajstić information content (AvgIpc) is 2.74. The topological polar surface area (TPSA) is 66.5 Å². The largest absolute Gasteiger partial charge is 0.311 e. The molecule has 0 radical (unpaired) electrons. The van der Waals surface area contributed by atoms with Crippen LogP contribution in [0.15, 0.2) is 35.2 Å². The molecule has 0 saturated heterocycles. The number of rotatable bonds is 5. The van der Waals surface area contributed by atoms with E-state index in [1.165, 1.54) is 0 Å². The molecule has 122 valence electrons. The number of anilines is 1. The van der Waals surface area contributed by atoms with E-state index in [1.54, 1.807) is 42.3 Å². The van der Waals surface area contributed by atoms with Crippen molar-refractivity contribution in [3.8, 4) is 0 Å². The maximum absolute atomic E-state index is 12.6. The minimum absolute atomic E-state index is 0.104. The molecule has 0 aliphatic carbocycles. The summed E-state index contributed by atoms with van der Waals surface area (Å²) in [5.41, 5.74) is 1.31. The molecular formula is C17H20N2O3S. The fraction of sp³-hybridized carbons (Fsp3) is 0.353. The molecule has 6 heteroatoms. The molecule has 2 aromatic rings. The highest BCUT2D eigenvalue weighted by Crippen LogP contribution is 2.39. The van der Waals surface area contributed by atoms with Crippen molar-refractivity contribution in [2.45, 2.75) is 25.2 Å². The van der Waals surface area contributed by atoms with Crippen molar-refractivity contribution in [2.24, 2.45) is 5.92 Å². The summed E-state index contributed by atoms with van der Waals surface area (Å²) in [6.07, 6.45) is 0.779. The molecule has 1 amide bonds. The molecule has 3 rings (SSSR count). The smallest absolute Gasteiger partial charge is 0.258 e. The van der Waals surface area contributed by atoms with Crippen LogP contribution in [0.2, 0.25) is 0 Å². The second kappa shape index (κ2) is 5.62. The molecule has 0 aromatic heterocycles. The molecule has 5 nitrogen and oxygen atoms in total. The average molecular weight is 332 g/mol. The van der Waals surface area contributed by atoms with Gasteiger partial charge in [-0.15, -0.1) is 0 Å². The first-order valence-electron chi connectivity index (χ1n) is 7.66. The van der Waals surface area contributed by atoms with Crippen molar-refractivity contribution < 1.29 is 13.2 Å². The Morgan fingerprint density at radius 3 is 2.61 bits per heavy atom. The monoisotopic (exact) mass is 332 g/mol. The molecule has 2 aromatic carbocycles. The number of amides is 1. The first-order chi connectivity index (χ1) is 10.8. The summed E-state index contributed by atoms with van der Waals surface area (Å²) >= 11 is 0. The molecule has 0 atom stereocenters. The normalized spacial score (nSPS) is 14.3. The second-order valence-electron chi connectivity index (χ2n) is 6.26. The molecule has 0 bridgehead atoms. The number of sulfonamides is 1. The van der Waals surface area contributed by atoms with Crippen LogP contribution in [0.4, 0.5) is 5.69 Å². The number of hydrogen-bond acceptors (Lipinski definition) is 3. The highest BCUT2D eigenvalue weighted by Gasteiger charge is 2.29. The minimum atomic E-state index is -3.60. The van der Waals surface area contributed by atoms with Gasteiger partial charge in [-0.25, -0.2) is 13.1 Å². The Bertz CT molecular complexity index is 888. The number of nitrogens with one attached hydrogen (secondary N) is 1. The summed E-state index contributed by atoms with van der Waals surface area (Å²) in [7, 11) is -1.90. The van der Waals surface area contributed by atoms with E-state index in [1.807, 2.05) is 0 Å². The zero-order valence-corrected chi connectivity index (χ0v) is 14.3. The van der Waals surface area contributed by atoms with Crippen LogP contribution < -0.4 is 9.62 Å². The Kier molecular flexibility index (Phi) is 3.90. The fourth-order valence-electron chi connectivity index (χ4n) is 2.90. The van der Waals surface area contributed by atoms with E-state index in [0.29, 0.717) is 28.8 Å². The zero-order chi connectivity index (χ0) is 16.8. The van der Waals surface area contributed by atoms with E-state index < -0.39 is 10.0 Å². The van der Waals surface area contributed by atoms with Crippen LogP contribution in [0, 0.1) is 5.92 Å². The summed E-state index contributed by atoms with van der Waals surface area (Å²) in [6.45, 7) is 4.51. The third-order valence-corrected chi connectivity index (χ3v) is 5.70. The second-order valence-corrected chi connectivity index (χ2v) is 7.99. The van der Waals surface area contributed by atoms with Crippen molar-refractivity contribution in [1.82, 2.24) is 4.72 Å². The highest BCUT2D eigenvalue weighted by molar-refractivity contribution is 7.89. The lowest BCUT2D eigenvalue weighted by Crippen LogP contribution is -2.25. The van der Waals surface area contributed by atoms with Crippen LogP contribution in [0.5, 0.6) is 0 Å². The molecule has 0 unspecified atom stereocenters. The van der Waals surface area contributed by atoms with Gasteiger partial charge in [-0.2, -0.15) is 0 Å². The molecule has 1 aliphatic rings. The third kappa shape index (κ3) is 2.62. The van der Waals surface area contributed by atoms with E-state index in [0.717, 1.165) is 12.1 Å². The van der Waals surface area contributed by atoms with E-state index in [-0.39, 0.29) is 10.8 Å². The maximum Gasteiger partial charge on any atom is 0.258 e. The van der Waals surface area contributed by atoms with Gasteiger partial charge in [-0.05, 0) is 30.5 Å². The lowest BCUT2D eigenvalue weighted by molar-refractivity contribution is 0.0999. The maximum atomic E-state index is 12.6. The first-order valence-corrected chi connectivity index (χ1v) is 9.14. The molecule has 0 spiro atoms. The van der Waals surface area contributed by atoms with Crippen molar-refractivity contribution in [3.05, 3.63) is 35.9 Å². The minimum Gasteiger partial charge on any atom is -0.311 e. The fourth-order valence-corrected chi connectivity index (χ4v) is 4.15. The van der Waals surface area contributed by atoms with Gasteiger partial charge in [0.05, 0.1) is 10.6 Å². The molecule has 0 fully saturated rings. The first kappa shape index (κ1) is 16.0. The molecular weight excluding hydrogens is 312 g/mol. The summed E-state index contributed by atoms with van der Waals surface area (Å²) in [6, 6.07) is 8.50. The summed E-state index contributed by atoms with van der Waals surface area (Å²) < 4.78 is 27.9. The quantitative estimate of drug-likeness (QED) is 0.915. The number of carbonyl (C=O) groups is 1. The van der Waals surface area contributed by atoms with Gasteiger partial charge in [0.1, 0.15) is 0 Å². The Labute approximate surface area is 136 Å². The highest BCUT2D eigenvalue weighted by atomic mass is 32.2. The van der Waals surface area contributed by atoms with Crippen molar-refractivity contribution in [2.75, 3.05) is 18.5 Å². The van der Waals surface area contributed by atoms with Crippen molar-refractivity contribution in [1.29, 1.82) is 0 Å². The summed E-state index contributed by atoms with van der Waals surface area (Å²) in [5.74, 6) is 0.324. The number of hydrogen-bond donors (Lipinski definition) is 1. The SMILES string of the molecule is CC(C)CCNS(=O)(=O)c1ccc2c3c(cccc13)C(=O)N2C. The summed E-state index contributed by atoms with van der Waals surface area (Å²) in [5, 5.41) is 1.31. The molecule has 1 aliphatic heterocycles. The molecule has 1 heterocycles. The van der Waals surface area contributed by atoms with Gasteiger partial charge in [-0.1, -0.05) is 26.0 Å². The Morgan fingerprint density at radius 2 is 1.91 bits per heavy atom. The van der Waals surface area contributed by atoms with Crippen LogP contribution in [-0.2, 0) is 10.0 Å². The standard InChI is InChI=1S/C17H20N2O3S/c1-11(2)9-10-18-23(21,22)15-8-7-14-16-12(15)5-4-6-13(16)17(20)19(14)3/h4-8,11,18H,9-10H2,1-3H3. The van der Waals surface area contributed by atoms with Gasteiger partial charge in [0.2, 0.25) is 10.0 Å². The molecule has 0 saturated carbocycles. The van der Waals surface area contributed by atoms with Crippen LogP contribution in [-0.4, -0.2) is 27.9 Å². The Morgan fingerprint density at radius 1 is 1.17 bits per heavy atom. The van der Waals surface area contributed by atoms with Gasteiger partial charge < -0.3 is 4.90 Å². The van der Waals surface area contributed by atoms with Crippen LogP contribution in [0.1, 0.15) is 30.6 Å². The summed E-state index contributed by atoms with van der Waals surface area (Å²) in [4.78, 5) is 14.0. The Hall–Kier alpha value is -1.92. The number of nitrogens with zero attached hydrogens (tertiary/aromatic N) is 1. The number of carbonyl (C=O) groups excluding carboxylic acids is 1. The molecule has 1 N–H and O–H groups in total. The zero-order valence-electron chi connectivity index (χ0n) is 13.5. The predicted octanol–water partition coefficient (Wildman–Crippen LogP) is 2.75. The van der Waals surface area contributed by atoms with Gasteiger partial charge in [0, 0.05) is 29.9 Å². The van der Waals surface area contributed by atoms with E-state index in [4.69, 9.17) is 0 Å². The number of benzene rings is 2. The van der Waals surface area contributed by atoms with Crippen LogP contribution >= 0.6 is 0 Å². The lowest BCUT2D eigenvalue weighted by atomic mass is 10.1. The van der Waals surface area contributed by atoms with Crippen molar-refractivity contribution >= 4 is 32.4 Å². The van der Waals surface area contributed by atoms with Crippen molar-refractivity contribution in [3.63, 3.8) is 0 Å². The van der Waals surface area contributed by atoms with Gasteiger partial charge in [0.15, 0.2) is 0 Å².